The van der Waals surface area contributed by atoms with Gasteiger partial charge in [-0.3, -0.25) is 9.69 Å². The number of benzene rings is 1. The Balaban J connectivity index is 2.30. The highest BCUT2D eigenvalue weighted by Gasteiger charge is 2.30. The first-order valence-corrected chi connectivity index (χ1v) is 5.99. The molecule has 0 saturated heterocycles. The zero-order valence-electron chi connectivity index (χ0n) is 10.2. The number of aliphatic hydroxyl groups is 1. The van der Waals surface area contributed by atoms with Crippen molar-refractivity contribution < 1.29 is 9.90 Å². The third-order valence-corrected chi connectivity index (χ3v) is 3.29. The molecule has 0 bridgehead atoms. The van der Waals surface area contributed by atoms with E-state index in [9.17, 15) is 9.90 Å². The molecule has 2 rings (SSSR count). The van der Waals surface area contributed by atoms with Gasteiger partial charge in [0.15, 0.2) is 0 Å². The van der Waals surface area contributed by atoms with Gasteiger partial charge in [-0.25, -0.2) is 0 Å². The second kappa shape index (κ2) is 5.31. The van der Waals surface area contributed by atoms with Gasteiger partial charge in [-0.15, -0.1) is 0 Å². The lowest BCUT2D eigenvalue weighted by molar-refractivity contribution is -0.150. The first-order valence-electron chi connectivity index (χ1n) is 5.61. The van der Waals surface area contributed by atoms with Gasteiger partial charge in [0.05, 0.1) is 11.6 Å². The number of hydrogen-bond acceptors (Lipinski definition) is 4. The Labute approximate surface area is 115 Å². The minimum atomic E-state index is -1.14. The van der Waals surface area contributed by atoms with Gasteiger partial charge in [-0.05, 0) is 11.6 Å². The van der Waals surface area contributed by atoms with Gasteiger partial charge in [0.25, 0.3) is 5.91 Å². The van der Waals surface area contributed by atoms with Gasteiger partial charge >= 0.3 is 0 Å². The van der Waals surface area contributed by atoms with E-state index in [0.29, 0.717) is 5.56 Å². The number of carbonyl (C=O) groups excluding carboxylic acids is 1. The fourth-order valence-electron chi connectivity index (χ4n) is 1.83. The third kappa shape index (κ3) is 2.55. The molecule has 0 fully saturated rings. The van der Waals surface area contributed by atoms with Crippen LogP contribution in [0.2, 0.25) is 0 Å². The number of aliphatic hydroxyl groups excluding tert-OH is 1. The Hall–Kier alpha value is -2.03. The van der Waals surface area contributed by atoms with E-state index in [1.165, 1.54) is 22.9 Å². The smallest absolute Gasteiger partial charge is 0.252 e. The summed E-state index contributed by atoms with van der Waals surface area (Å²) in [6, 6.07) is 9.13. The number of rotatable bonds is 2. The molecule has 6 heteroatoms. The second-order valence-corrected chi connectivity index (χ2v) is 4.55. The van der Waals surface area contributed by atoms with Gasteiger partial charge in [0, 0.05) is 19.7 Å². The van der Waals surface area contributed by atoms with Crippen LogP contribution in [0, 0.1) is 11.3 Å². The maximum absolute atomic E-state index is 11.5. The van der Waals surface area contributed by atoms with E-state index < -0.39 is 6.35 Å². The molecule has 1 aliphatic rings. The van der Waals surface area contributed by atoms with Crippen LogP contribution < -0.4 is 0 Å². The molecule has 1 aliphatic heterocycles. The lowest BCUT2D eigenvalue weighted by atomic mass is 10.1. The van der Waals surface area contributed by atoms with Crippen molar-refractivity contribution in [1.82, 2.24) is 9.80 Å². The SMILES string of the molecule is CN1C(=O)C=C(Cl)N(Cc2ccccc2C#N)C1O. The van der Waals surface area contributed by atoms with Crippen LogP contribution in [0.5, 0.6) is 0 Å². The monoisotopic (exact) mass is 277 g/mol. The van der Waals surface area contributed by atoms with E-state index in [0.717, 1.165) is 5.56 Å². The summed E-state index contributed by atoms with van der Waals surface area (Å²) in [5.41, 5.74) is 1.25. The highest BCUT2D eigenvalue weighted by molar-refractivity contribution is 6.30. The van der Waals surface area contributed by atoms with Crippen LogP contribution in [0.15, 0.2) is 35.5 Å². The maximum atomic E-state index is 11.5. The molecule has 1 atom stereocenters. The fraction of sp³-hybridized carbons (Fsp3) is 0.231. The van der Waals surface area contributed by atoms with E-state index in [1.54, 1.807) is 24.3 Å². The number of carbonyl (C=O) groups is 1. The highest BCUT2D eigenvalue weighted by atomic mass is 35.5. The molecule has 5 nitrogen and oxygen atoms in total. The molecule has 19 heavy (non-hydrogen) atoms. The predicted molar refractivity (Wildman–Crippen MR) is 69.4 cm³/mol. The summed E-state index contributed by atoms with van der Waals surface area (Å²) in [5.74, 6) is -0.359. The van der Waals surface area contributed by atoms with E-state index in [4.69, 9.17) is 16.9 Å². The lowest BCUT2D eigenvalue weighted by Gasteiger charge is -2.37. The quantitative estimate of drug-likeness (QED) is 0.825. The van der Waals surface area contributed by atoms with Crippen molar-refractivity contribution >= 4 is 17.5 Å². The first-order chi connectivity index (χ1) is 9.04. The minimum Gasteiger partial charge on any atom is -0.356 e. The van der Waals surface area contributed by atoms with E-state index >= 15 is 0 Å². The number of nitrogens with zero attached hydrogens (tertiary/aromatic N) is 3. The molecule has 1 heterocycles. The first kappa shape index (κ1) is 13.4. The minimum absolute atomic E-state index is 0.156. The summed E-state index contributed by atoms with van der Waals surface area (Å²) in [5, 5.41) is 19.2. The molecule has 0 aromatic heterocycles. The summed E-state index contributed by atoms with van der Waals surface area (Å²) >= 11 is 5.98. The topological polar surface area (TPSA) is 67.6 Å². The van der Waals surface area contributed by atoms with Gasteiger partial charge < -0.3 is 10.0 Å². The molecule has 98 valence electrons. The Morgan fingerprint density at radius 3 is 2.84 bits per heavy atom. The number of hydrogen-bond donors (Lipinski definition) is 1. The summed E-state index contributed by atoms with van der Waals surface area (Å²) < 4.78 is 0. The Morgan fingerprint density at radius 1 is 1.47 bits per heavy atom. The summed E-state index contributed by atoms with van der Waals surface area (Å²) in [6.07, 6.45) is 0.0974. The zero-order chi connectivity index (χ0) is 14.0. The van der Waals surface area contributed by atoms with Crippen molar-refractivity contribution in [2.75, 3.05) is 7.05 Å². The average Bonchev–Trinajstić information content (AvgIpc) is 2.41. The molecular weight excluding hydrogens is 266 g/mol. The molecule has 1 aromatic rings. The molecule has 0 spiro atoms. The van der Waals surface area contributed by atoms with Crippen molar-refractivity contribution in [3.63, 3.8) is 0 Å². The average molecular weight is 278 g/mol. The Kier molecular flexibility index (Phi) is 3.74. The van der Waals surface area contributed by atoms with Gasteiger partial charge in [-0.1, -0.05) is 29.8 Å². The molecule has 1 N–H and O–H groups in total. The molecular formula is C13H12ClN3O2. The van der Waals surface area contributed by atoms with Gasteiger partial charge in [0.1, 0.15) is 5.16 Å². The number of likely N-dealkylation sites (N-methyl/N-ethyl adjacent to an activating group) is 1. The second-order valence-electron chi connectivity index (χ2n) is 4.16. The van der Waals surface area contributed by atoms with Crippen LogP contribution in [0.4, 0.5) is 0 Å². The van der Waals surface area contributed by atoms with Crippen LogP contribution in [0.3, 0.4) is 0 Å². The van der Waals surface area contributed by atoms with Crippen LogP contribution in [-0.2, 0) is 11.3 Å². The Bertz CT molecular complexity index is 579. The van der Waals surface area contributed by atoms with Crippen molar-refractivity contribution in [3.8, 4) is 6.07 Å². The van der Waals surface area contributed by atoms with Crippen LogP contribution in [-0.4, -0.2) is 34.2 Å². The normalized spacial score (nSPS) is 19.2. The number of halogens is 1. The number of amides is 1. The molecule has 0 radical (unpaired) electrons. The largest absolute Gasteiger partial charge is 0.356 e. The van der Waals surface area contributed by atoms with E-state index in [1.807, 2.05) is 0 Å². The standard InChI is InChI=1S/C13H12ClN3O2/c1-16-12(18)6-11(14)17(13(16)19)8-10-5-3-2-4-9(10)7-15/h2-6,13,19H,8H2,1H3. The zero-order valence-corrected chi connectivity index (χ0v) is 11.0. The van der Waals surface area contributed by atoms with Crippen molar-refractivity contribution in [2.45, 2.75) is 12.9 Å². The van der Waals surface area contributed by atoms with Crippen LogP contribution in [0.1, 0.15) is 11.1 Å². The van der Waals surface area contributed by atoms with E-state index in [2.05, 4.69) is 6.07 Å². The summed E-state index contributed by atoms with van der Waals surface area (Å²) in [4.78, 5) is 14.1. The fourth-order valence-corrected chi connectivity index (χ4v) is 2.07. The van der Waals surface area contributed by atoms with Crippen molar-refractivity contribution in [3.05, 3.63) is 46.6 Å². The lowest BCUT2D eigenvalue weighted by Crippen LogP contribution is -2.50. The molecule has 0 saturated carbocycles. The van der Waals surface area contributed by atoms with Gasteiger partial charge in [-0.2, -0.15) is 5.26 Å². The van der Waals surface area contributed by atoms with Crippen LogP contribution in [0.25, 0.3) is 0 Å². The van der Waals surface area contributed by atoms with E-state index in [-0.39, 0.29) is 17.6 Å². The Morgan fingerprint density at radius 2 is 2.16 bits per heavy atom. The summed E-state index contributed by atoms with van der Waals surface area (Å²) in [7, 11) is 1.48. The van der Waals surface area contributed by atoms with Gasteiger partial charge in [0.2, 0.25) is 6.35 Å². The molecule has 1 aromatic carbocycles. The maximum Gasteiger partial charge on any atom is 0.252 e. The molecule has 1 unspecified atom stereocenters. The third-order valence-electron chi connectivity index (χ3n) is 2.97. The number of nitriles is 1. The van der Waals surface area contributed by atoms with Crippen molar-refractivity contribution in [2.24, 2.45) is 0 Å². The van der Waals surface area contributed by atoms with Crippen molar-refractivity contribution in [1.29, 1.82) is 5.26 Å². The molecule has 1 amide bonds. The highest BCUT2D eigenvalue weighted by Crippen LogP contribution is 2.24. The summed E-state index contributed by atoms with van der Waals surface area (Å²) in [6.45, 7) is 0.248. The van der Waals surface area contributed by atoms with Crippen LogP contribution >= 0.6 is 11.6 Å². The predicted octanol–water partition coefficient (Wildman–Crippen LogP) is 1.19. The molecule has 0 aliphatic carbocycles.